The zero-order chi connectivity index (χ0) is 25.3. The van der Waals surface area contributed by atoms with Crippen LogP contribution in [-0.4, -0.2) is 54.4 Å². The molecule has 0 spiro atoms. The number of carbonyl (C=O) groups is 2. The highest BCUT2D eigenvalue weighted by molar-refractivity contribution is 7.90. The zero-order valence-electron chi connectivity index (χ0n) is 19.4. The van der Waals surface area contributed by atoms with Gasteiger partial charge in [-0.2, -0.15) is 12.7 Å². The first kappa shape index (κ1) is 25.6. The average Bonchev–Trinajstić information content (AvgIpc) is 3.27. The zero-order valence-corrected chi connectivity index (χ0v) is 20.3. The lowest BCUT2D eigenvalue weighted by Crippen LogP contribution is -2.51. The second-order valence-electron chi connectivity index (χ2n) is 9.07. The fourth-order valence-electron chi connectivity index (χ4n) is 3.98. The molecule has 0 saturated carbocycles. The molecule has 2 atom stereocenters. The number of pyridine rings is 1. The van der Waals surface area contributed by atoms with E-state index in [0.29, 0.717) is 10.7 Å². The number of carbonyl (C=O) groups excluding carboxylic acids is 1. The lowest BCUT2D eigenvalue weighted by Gasteiger charge is -2.35. The average molecular weight is 494 g/mol. The van der Waals surface area contributed by atoms with Crippen LogP contribution in [0.2, 0.25) is 0 Å². The van der Waals surface area contributed by atoms with E-state index in [1.54, 1.807) is 12.1 Å². The van der Waals surface area contributed by atoms with E-state index in [-0.39, 0.29) is 29.6 Å². The van der Waals surface area contributed by atoms with Crippen LogP contribution in [0.5, 0.6) is 0 Å². The number of halogens is 1. The van der Waals surface area contributed by atoms with E-state index in [2.05, 4.69) is 4.98 Å². The number of rotatable bonds is 7. The van der Waals surface area contributed by atoms with Gasteiger partial charge in [0.25, 0.3) is 0 Å². The number of aliphatic carboxylic acids is 1. The molecule has 0 aliphatic carbocycles. The normalized spacial score (nSPS) is 17.9. The highest BCUT2D eigenvalue weighted by Crippen LogP contribution is 2.36. The molecule has 34 heavy (non-hydrogen) atoms. The molecule has 1 unspecified atom stereocenters. The Morgan fingerprint density at radius 1 is 1.24 bits per heavy atom. The number of aromatic nitrogens is 1. The van der Waals surface area contributed by atoms with Crippen molar-refractivity contribution in [1.29, 1.82) is 0 Å². The van der Waals surface area contributed by atoms with Crippen LogP contribution in [0.15, 0.2) is 42.7 Å². The molecule has 0 radical (unpaired) electrons. The predicted octanol–water partition coefficient (Wildman–Crippen LogP) is 3.03. The van der Waals surface area contributed by atoms with Crippen molar-refractivity contribution in [3.63, 3.8) is 0 Å². The molecule has 184 valence electrons. The number of carboxylic acids is 1. The molecular formula is C23H28FN3O6S. The molecule has 1 aromatic carbocycles. The molecule has 2 heterocycles. The van der Waals surface area contributed by atoms with Crippen LogP contribution in [0.25, 0.3) is 0 Å². The lowest BCUT2D eigenvalue weighted by molar-refractivity contribution is -0.144. The maximum Gasteiger partial charge on any atom is 0.332 e. The summed E-state index contributed by atoms with van der Waals surface area (Å²) in [7, 11) is -3.42. The Hall–Kier alpha value is -3.05. The fourth-order valence-corrected chi connectivity index (χ4v) is 5.95. The SMILES string of the molecule is COC(=O)[C@H]1CCCN1S(=O)(=O)N(c1ccc(C(C)(C)C)cc1)C(C(=O)O)c1cncc(F)c1. The van der Waals surface area contributed by atoms with Crippen molar-refractivity contribution in [1.82, 2.24) is 9.29 Å². The van der Waals surface area contributed by atoms with Gasteiger partial charge in [0.15, 0.2) is 6.04 Å². The van der Waals surface area contributed by atoms with E-state index < -0.39 is 40.0 Å². The summed E-state index contributed by atoms with van der Waals surface area (Å²) in [6.07, 6.45) is 2.64. The van der Waals surface area contributed by atoms with Gasteiger partial charge in [-0.3, -0.25) is 9.78 Å². The number of nitrogens with zero attached hydrogens (tertiary/aromatic N) is 3. The molecule has 1 aliphatic heterocycles. The lowest BCUT2D eigenvalue weighted by atomic mass is 9.87. The van der Waals surface area contributed by atoms with Crippen molar-refractivity contribution in [2.45, 2.75) is 51.1 Å². The minimum Gasteiger partial charge on any atom is -0.479 e. The largest absolute Gasteiger partial charge is 0.479 e. The summed E-state index contributed by atoms with van der Waals surface area (Å²) in [5.74, 6) is -3.06. The Kier molecular flexibility index (Phi) is 7.27. The third kappa shape index (κ3) is 5.05. The molecule has 1 fully saturated rings. The van der Waals surface area contributed by atoms with Crippen molar-refractivity contribution in [3.05, 3.63) is 59.7 Å². The van der Waals surface area contributed by atoms with E-state index in [4.69, 9.17) is 4.74 Å². The summed E-state index contributed by atoms with van der Waals surface area (Å²) in [5.41, 5.74) is 0.567. The molecule has 1 N–H and O–H groups in total. The Labute approximate surface area is 198 Å². The summed E-state index contributed by atoms with van der Waals surface area (Å²) in [6, 6.07) is 4.44. The first-order valence-corrected chi connectivity index (χ1v) is 12.1. The first-order chi connectivity index (χ1) is 15.9. The molecule has 9 nitrogen and oxygen atoms in total. The van der Waals surface area contributed by atoms with Gasteiger partial charge in [-0.1, -0.05) is 32.9 Å². The van der Waals surface area contributed by atoms with Crippen LogP contribution in [0, 0.1) is 5.82 Å². The molecular weight excluding hydrogens is 465 g/mol. The van der Waals surface area contributed by atoms with E-state index in [1.807, 2.05) is 20.8 Å². The third-order valence-electron chi connectivity index (χ3n) is 5.72. The van der Waals surface area contributed by atoms with Crippen LogP contribution in [-0.2, 0) is 30.0 Å². The van der Waals surface area contributed by atoms with E-state index in [0.717, 1.165) is 35.4 Å². The van der Waals surface area contributed by atoms with Crippen molar-refractivity contribution in [2.75, 3.05) is 18.0 Å². The minimum atomic E-state index is -4.58. The number of hydrogen-bond acceptors (Lipinski definition) is 6. The number of carboxylic acid groups (broad SMARTS) is 1. The summed E-state index contributed by atoms with van der Waals surface area (Å²) >= 11 is 0. The van der Waals surface area contributed by atoms with E-state index in [1.165, 1.54) is 12.1 Å². The van der Waals surface area contributed by atoms with Crippen molar-refractivity contribution >= 4 is 27.8 Å². The van der Waals surface area contributed by atoms with Crippen LogP contribution in [0.3, 0.4) is 0 Å². The Morgan fingerprint density at radius 3 is 2.41 bits per heavy atom. The molecule has 1 saturated heterocycles. The second kappa shape index (κ2) is 9.67. The van der Waals surface area contributed by atoms with Crippen molar-refractivity contribution in [3.8, 4) is 0 Å². The molecule has 1 aromatic heterocycles. The van der Waals surface area contributed by atoms with Crippen LogP contribution < -0.4 is 4.31 Å². The summed E-state index contributed by atoms with van der Waals surface area (Å²) in [6.45, 7) is 5.97. The van der Waals surface area contributed by atoms with Crippen LogP contribution in [0.1, 0.15) is 50.8 Å². The van der Waals surface area contributed by atoms with Gasteiger partial charge in [0, 0.05) is 18.3 Å². The topological polar surface area (TPSA) is 117 Å². The number of hydrogen-bond donors (Lipinski definition) is 1. The quantitative estimate of drug-likeness (QED) is 0.589. The van der Waals surface area contributed by atoms with Gasteiger partial charge in [0.2, 0.25) is 0 Å². The standard InChI is InChI=1S/C23H28FN3O6S/c1-23(2,3)16-7-9-18(10-8-16)27(20(21(28)29)15-12-17(24)14-25-13-15)34(31,32)26-11-5-6-19(26)22(30)33-4/h7-10,12-14,19-20H,5-6,11H2,1-4H3,(H,28,29)/t19-,20?/m1/s1. The number of ether oxygens (including phenoxy) is 1. The van der Waals surface area contributed by atoms with Gasteiger partial charge >= 0.3 is 22.1 Å². The van der Waals surface area contributed by atoms with Gasteiger partial charge in [-0.25, -0.2) is 13.5 Å². The van der Waals surface area contributed by atoms with Gasteiger partial charge < -0.3 is 9.84 Å². The first-order valence-electron chi connectivity index (χ1n) is 10.7. The van der Waals surface area contributed by atoms with E-state index in [9.17, 15) is 27.5 Å². The van der Waals surface area contributed by atoms with Gasteiger partial charge in [0.05, 0.1) is 19.0 Å². The molecule has 1 aliphatic rings. The highest BCUT2D eigenvalue weighted by atomic mass is 32.2. The monoisotopic (exact) mass is 493 g/mol. The highest BCUT2D eigenvalue weighted by Gasteiger charge is 2.46. The van der Waals surface area contributed by atoms with Gasteiger partial charge in [-0.15, -0.1) is 0 Å². The number of benzene rings is 1. The second-order valence-corrected chi connectivity index (χ2v) is 10.8. The third-order valence-corrected chi connectivity index (χ3v) is 7.67. The minimum absolute atomic E-state index is 0.00636. The maximum atomic E-state index is 14.0. The summed E-state index contributed by atoms with van der Waals surface area (Å²) in [5, 5.41) is 10.1. The molecule has 3 rings (SSSR count). The van der Waals surface area contributed by atoms with Crippen molar-refractivity contribution in [2.24, 2.45) is 0 Å². The summed E-state index contributed by atoms with van der Waals surface area (Å²) in [4.78, 5) is 28.4. The number of anilines is 1. The predicted molar refractivity (Wildman–Crippen MR) is 123 cm³/mol. The fraction of sp³-hybridized carbons (Fsp3) is 0.435. The van der Waals surface area contributed by atoms with Crippen molar-refractivity contribution < 1.29 is 32.2 Å². The Morgan fingerprint density at radius 2 is 1.88 bits per heavy atom. The maximum absolute atomic E-state index is 14.0. The number of methoxy groups -OCH3 is 1. The Balaban J connectivity index is 2.21. The Bertz CT molecular complexity index is 1160. The number of esters is 1. The smallest absolute Gasteiger partial charge is 0.332 e. The molecule has 0 amide bonds. The van der Waals surface area contributed by atoms with Crippen LogP contribution in [0.4, 0.5) is 10.1 Å². The van der Waals surface area contributed by atoms with Gasteiger partial charge in [-0.05, 0) is 42.0 Å². The van der Waals surface area contributed by atoms with E-state index >= 15 is 0 Å². The summed E-state index contributed by atoms with van der Waals surface area (Å²) < 4.78 is 48.2. The molecule has 0 bridgehead atoms. The van der Waals surface area contributed by atoms with Crippen LogP contribution >= 0.6 is 0 Å². The van der Waals surface area contributed by atoms with Gasteiger partial charge in [0.1, 0.15) is 11.9 Å². The molecule has 2 aromatic rings. The molecule has 11 heteroatoms.